The second-order valence-corrected chi connectivity index (χ2v) is 6.40. The van der Waals surface area contributed by atoms with Gasteiger partial charge in [-0.05, 0) is 44.4 Å². The first-order valence-corrected chi connectivity index (χ1v) is 7.41. The first kappa shape index (κ1) is 13.3. The van der Waals surface area contributed by atoms with Crippen LogP contribution in [0.2, 0.25) is 0 Å². The van der Waals surface area contributed by atoms with Gasteiger partial charge in [0.05, 0.1) is 5.54 Å². The lowest BCUT2D eigenvalue weighted by molar-refractivity contribution is -0.121. The van der Waals surface area contributed by atoms with Crippen LogP contribution in [0.1, 0.15) is 56.6 Å². The number of aliphatic imine (C=N–C) groups is 1. The summed E-state index contributed by atoms with van der Waals surface area (Å²) in [6.45, 7) is 4.76. The quantitative estimate of drug-likeness (QED) is 0.826. The van der Waals surface area contributed by atoms with E-state index in [1.54, 1.807) is 0 Å². The summed E-state index contributed by atoms with van der Waals surface area (Å²) in [5, 5.41) is 0. The smallest absolute Gasteiger partial charge is 0.216 e. The molecule has 1 aliphatic heterocycles. The fraction of sp³-hybridized carbons (Fsp3) is 0.529. The number of rotatable bonds is 2. The van der Waals surface area contributed by atoms with Gasteiger partial charge in [-0.3, -0.25) is 4.79 Å². The zero-order valence-electron chi connectivity index (χ0n) is 12.2. The number of ketones is 1. The third-order valence-electron chi connectivity index (χ3n) is 4.08. The molecule has 1 fully saturated rings. The standard InChI is InChI=1S/C17H21NO2/c1-17(2)11-20-16(18-17)13-9-7-12(8-10-13)14-5-3-4-6-15(14)19/h7-10,14H,3-6,11H2,1-2H3. The number of ether oxygens (including phenoxy) is 1. The van der Waals surface area contributed by atoms with Crippen LogP contribution in [0.5, 0.6) is 0 Å². The Morgan fingerprint density at radius 3 is 2.55 bits per heavy atom. The number of Topliss-reactive ketones (excluding diaryl/α,β-unsaturated/α-hetero) is 1. The van der Waals surface area contributed by atoms with Crippen molar-refractivity contribution in [2.24, 2.45) is 4.99 Å². The minimum absolute atomic E-state index is 0.0978. The van der Waals surface area contributed by atoms with Crippen LogP contribution in [0.25, 0.3) is 0 Å². The topological polar surface area (TPSA) is 38.7 Å². The van der Waals surface area contributed by atoms with E-state index in [4.69, 9.17) is 4.74 Å². The fourth-order valence-electron chi connectivity index (χ4n) is 2.93. The largest absolute Gasteiger partial charge is 0.475 e. The Morgan fingerprint density at radius 2 is 1.95 bits per heavy atom. The number of hydrogen-bond donors (Lipinski definition) is 0. The van der Waals surface area contributed by atoms with Crippen LogP contribution >= 0.6 is 0 Å². The van der Waals surface area contributed by atoms with E-state index in [1.165, 1.54) is 0 Å². The Balaban J connectivity index is 1.80. The highest BCUT2D eigenvalue weighted by Crippen LogP contribution is 2.30. The van der Waals surface area contributed by atoms with Gasteiger partial charge in [0.2, 0.25) is 5.90 Å². The first-order valence-electron chi connectivity index (χ1n) is 7.41. The summed E-state index contributed by atoms with van der Waals surface area (Å²) in [6.07, 6.45) is 3.92. The molecule has 0 bridgehead atoms. The second kappa shape index (κ2) is 5.04. The van der Waals surface area contributed by atoms with Crippen molar-refractivity contribution in [2.75, 3.05) is 6.61 Å². The Labute approximate surface area is 120 Å². The van der Waals surface area contributed by atoms with Crippen molar-refractivity contribution in [2.45, 2.75) is 51.0 Å². The van der Waals surface area contributed by atoms with Gasteiger partial charge in [0.25, 0.3) is 0 Å². The molecule has 3 rings (SSSR count). The average molecular weight is 271 g/mol. The van der Waals surface area contributed by atoms with Crippen LogP contribution in [-0.2, 0) is 9.53 Å². The summed E-state index contributed by atoms with van der Waals surface area (Å²) in [6, 6.07) is 8.16. The van der Waals surface area contributed by atoms with E-state index in [2.05, 4.69) is 31.0 Å². The molecule has 0 spiro atoms. The fourth-order valence-corrected chi connectivity index (χ4v) is 2.93. The van der Waals surface area contributed by atoms with E-state index < -0.39 is 0 Å². The minimum atomic E-state index is -0.132. The van der Waals surface area contributed by atoms with Crippen molar-refractivity contribution < 1.29 is 9.53 Å². The van der Waals surface area contributed by atoms with Crippen molar-refractivity contribution in [3.8, 4) is 0 Å². The summed E-state index contributed by atoms with van der Waals surface area (Å²) in [5.41, 5.74) is 2.01. The molecule has 0 amide bonds. The lowest BCUT2D eigenvalue weighted by Crippen LogP contribution is -2.17. The van der Waals surface area contributed by atoms with Crippen molar-refractivity contribution in [3.05, 3.63) is 35.4 Å². The van der Waals surface area contributed by atoms with Crippen LogP contribution in [0.15, 0.2) is 29.3 Å². The van der Waals surface area contributed by atoms with Crippen LogP contribution < -0.4 is 0 Å². The number of carbonyl (C=O) groups excluding carboxylic acids is 1. The van der Waals surface area contributed by atoms with Gasteiger partial charge < -0.3 is 4.74 Å². The normalized spacial score (nSPS) is 25.2. The predicted molar refractivity (Wildman–Crippen MR) is 79.2 cm³/mol. The highest BCUT2D eigenvalue weighted by Gasteiger charge is 2.27. The van der Waals surface area contributed by atoms with Gasteiger partial charge in [0.15, 0.2) is 0 Å². The minimum Gasteiger partial charge on any atom is -0.475 e. The van der Waals surface area contributed by atoms with Crippen molar-refractivity contribution in [3.63, 3.8) is 0 Å². The summed E-state index contributed by atoms with van der Waals surface area (Å²) >= 11 is 0. The summed E-state index contributed by atoms with van der Waals surface area (Å²) in [4.78, 5) is 16.5. The third-order valence-corrected chi connectivity index (χ3v) is 4.08. The van der Waals surface area contributed by atoms with E-state index in [0.29, 0.717) is 12.4 Å². The molecular weight excluding hydrogens is 250 g/mol. The second-order valence-electron chi connectivity index (χ2n) is 6.40. The van der Waals surface area contributed by atoms with Crippen molar-refractivity contribution >= 4 is 11.7 Å². The van der Waals surface area contributed by atoms with Gasteiger partial charge in [0.1, 0.15) is 12.4 Å². The van der Waals surface area contributed by atoms with Gasteiger partial charge in [-0.25, -0.2) is 4.99 Å². The molecule has 20 heavy (non-hydrogen) atoms. The molecule has 1 saturated carbocycles. The molecule has 2 aliphatic rings. The lowest BCUT2D eigenvalue weighted by atomic mass is 9.83. The molecule has 1 unspecified atom stereocenters. The average Bonchev–Trinajstić information content (AvgIpc) is 2.80. The predicted octanol–water partition coefficient (Wildman–Crippen LogP) is 3.47. The molecule has 0 saturated heterocycles. The molecule has 1 aromatic carbocycles. The van der Waals surface area contributed by atoms with E-state index in [9.17, 15) is 4.79 Å². The van der Waals surface area contributed by atoms with Gasteiger partial charge in [0, 0.05) is 17.9 Å². The molecule has 106 valence electrons. The number of nitrogens with zero attached hydrogens (tertiary/aromatic N) is 1. The molecule has 1 atom stereocenters. The maximum absolute atomic E-state index is 12.0. The van der Waals surface area contributed by atoms with E-state index in [1.807, 2.05) is 12.1 Å². The Kier molecular flexibility index (Phi) is 3.36. The van der Waals surface area contributed by atoms with E-state index >= 15 is 0 Å². The van der Waals surface area contributed by atoms with Gasteiger partial charge in [-0.15, -0.1) is 0 Å². The van der Waals surface area contributed by atoms with Crippen LogP contribution in [-0.4, -0.2) is 23.8 Å². The molecule has 1 aliphatic carbocycles. The summed E-state index contributed by atoms with van der Waals surface area (Å²) in [5.74, 6) is 1.21. The monoisotopic (exact) mass is 271 g/mol. The van der Waals surface area contributed by atoms with Crippen LogP contribution in [0.4, 0.5) is 0 Å². The van der Waals surface area contributed by atoms with Gasteiger partial charge >= 0.3 is 0 Å². The summed E-state index contributed by atoms with van der Waals surface area (Å²) < 4.78 is 5.64. The Morgan fingerprint density at radius 1 is 1.20 bits per heavy atom. The highest BCUT2D eigenvalue weighted by molar-refractivity contribution is 5.95. The van der Waals surface area contributed by atoms with Crippen molar-refractivity contribution in [1.82, 2.24) is 0 Å². The number of hydrogen-bond acceptors (Lipinski definition) is 3. The molecule has 3 nitrogen and oxygen atoms in total. The maximum Gasteiger partial charge on any atom is 0.216 e. The zero-order chi connectivity index (χ0) is 14.2. The van der Waals surface area contributed by atoms with Crippen molar-refractivity contribution in [1.29, 1.82) is 0 Å². The SMILES string of the molecule is CC1(C)COC(c2ccc(C3CCCCC3=O)cc2)=N1. The maximum atomic E-state index is 12.0. The Bertz CT molecular complexity index is 543. The molecular formula is C17H21NO2. The lowest BCUT2D eigenvalue weighted by Gasteiger charge is -2.20. The molecule has 0 aromatic heterocycles. The number of carbonyl (C=O) groups is 1. The highest BCUT2D eigenvalue weighted by atomic mass is 16.5. The Hall–Kier alpha value is -1.64. The van der Waals surface area contributed by atoms with Crippen LogP contribution in [0.3, 0.4) is 0 Å². The number of benzene rings is 1. The molecule has 1 heterocycles. The first-order chi connectivity index (χ1) is 9.55. The van der Waals surface area contributed by atoms with Gasteiger partial charge in [-0.2, -0.15) is 0 Å². The molecule has 0 N–H and O–H groups in total. The zero-order valence-corrected chi connectivity index (χ0v) is 12.2. The van der Waals surface area contributed by atoms with Gasteiger partial charge in [-0.1, -0.05) is 18.6 Å². The van der Waals surface area contributed by atoms with E-state index in [0.717, 1.165) is 42.7 Å². The molecule has 1 aromatic rings. The molecule has 0 radical (unpaired) electrons. The molecule has 3 heteroatoms. The van der Waals surface area contributed by atoms with E-state index in [-0.39, 0.29) is 11.5 Å². The third kappa shape index (κ3) is 2.62. The summed E-state index contributed by atoms with van der Waals surface area (Å²) in [7, 11) is 0. The van der Waals surface area contributed by atoms with Crippen LogP contribution in [0, 0.1) is 0 Å².